The molecule has 2 heterocycles. The third-order valence-corrected chi connectivity index (χ3v) is 4.14. The van der Waals surface area contributed by atoms with Gasteiger partial charge in [0.05, 0.1) is 11.4 Å². The van der Waals surface area contributed by atoms with Crippen LogP contribution in [0.4, 0.5) is 5.82 Å². The van der Waals surface area contributed by atoms with Crippen LogP contribution in [0.25, 0.3) is 0 Å². The molecule has 17 heavy (non-hydrogen) atoms. The second-order valence-electron chi connectivity index (χ2n) is 3.17. The third-order valence-electron chi connectivity index (χ3n) is 1.96. The molecule has 2 rings (SSSR count). The van der Waals surface area contributed by atoms with E-state index in [2.05, 4.69) is 14.7 Å². The zero-order chi connectivity index (χ0) is 12.3. The van der Waals surface area contributed by atoms with E-state index in [0.717, 1.165) is 0 Å². The summed E-state index contributed by atoms with van der Waals surface area (Å²) < 4.78 is 26.2. The van der Waals surface area contributed by atoms with Gasteiger partial charge in [-0.25, -0.2) is 23.1 Å². The van der Waals surface area contributed by atoms with Crippen molar-refractivity contribution >= 4 is 27.2 Å². The minimum atomic E-state index is -3.56. The lowest BCUT2D eigenvalue weighted by molar-refractivity contribution is 0.581. The number of nitrogens with zero attached hydrogens (tertiary/aromatic N) is 2. The number of sulfonamides is 1. The Bertz CT molecular complexity index is 595. The van der Waals surface area contributed by atoms with Gasteiger partial charge in [0, 0.05) is 23.8 Å². The Balaban J connectivity index is 2.14. The molecule has 0 aromatic carbocycles. The van der Waals surface area contributed by atoms with Crippen molar-refractivity contribution in [2.75, 3.05) is 5.73 Å². The summed E-state index contributed by atoms with van der Waals surface area (Å²) in [7, 11) is -3.56. The first-order chi connectivity index (χ1) is 8.08. The monoisotopic (exact) mass is 270 g/mol. The molecule has 0 bridgehead atoms. The molecule has 0 fully saturated rings. The molecule has 6 nitrogen and oxygen atoms in total. The summed E-state index contributed by atoms with van der Waals surface area (Å²) in [6, 6.07) is 2.70. The molecule has 8 heteroatoms. The second-order valence-corrected chi connectivity index (χ2v) is 5.91. The predicted octanol–water partition coefficient (Wildman–Crippen LogP) is 0.599. The van der Waals surface area contributed by atoms with Crippen LogP contribution >= 0.6 is 11.3 Å². The molecular formula is C9H10N4O2S2. The lowest BCUT2D eigenvalue weighted by Gasteiger charge is -2.05. The van der Waals surface area contributed by atoms with Crippen LogP contribution in [0.1, 0.15) is 5.01 Å². The summed E-state index contributed by atoms with van der Waals surface area (Å²) in [5, 5.41) is 2.49. The van der Waals surface area contributed by atoms with Crippen molar-refractivity contribution in [2.24, 2.45) is 0 Å². The number of rotatable bonds is 4. The fraction of sp³-hybridized carbons (Fsp3) is 0.111. The fourth-order valence-electron chi connectivity index (χ4n) is 1.18. The van der Waals surface area contributed by atoms with Gasteiger partial charge in [-0.15, -0.1) is 11.3 Å². The molecule has 0 aliphatic carbocycles. The van der Waals surface area contributed by atoms with E-state index in [4.69, 9.17) is 5.73 Å². The number of thiazole rings is 1. The van der Waals surface area contributed by atoms with Crippen molar-refractivity contribution in [3.05, 3.63) is 34.9 Å². The summed E-state index contributed by atoms with van der Waals surface area (Å²) in [5.74, 6) is 0.169. The average molecular weight is 270 g/mol. The Hall–Kier alpha value is -1.51. The van der Waals surface area contributed by atoms with Gasteiger partial charge in [-0.1, -0.05) is 0 Å². The maximum absolute atomic E-state index is 11.9. The van der Waals surface area contributed by atoms with E-state index in [1.165, 1.54) is 29.7 Å². The third kappa shape index (κ3) is 2.99. The SMILES string of the molecule is Nc1cc(S(=O)(=O)NCc2nccs2)ccn1. The number of hydrogen-bond acceptors (Lipinski definition) is 6. The molecular weight excluding hydrogens is 260 g/mol. The molecule has 2 aromatic heterocycles. The average Bonchev–Trinajstić information content (AvgIpc) is 2.79. The Morgan fingerprint density at radius 2 is 2.18 bits per heavy atom. The van der Waals surface area contributed by atoms with Crippen LogP contribution < -0.4 is 10.5 Å². The highest BCUT2D eigenvalue weighted by atomic mass is 32.2. The van der Waals surface area contributed by atoms with Crippen molar-refractivity contribution in [3.63, 3.8) is 0 Å². The highest BCUT2D eigenvalue weighted by molar-refractivity contribution is 7.89. The van der Waals surface area contributed by atoms with Gasteiger partial charge in [0.25, 0.3) is 0 Å². The van der Waals surface area contributed by atoms with Crippen molar-refractivity contribution < 1.29 is 8.42 Å². The molecule has 0 aliphatic heterocycles. The molecule has 0 unspecified atom stereocenters. The number of nitrogens with one attached hydrogen (secondary N) is 1. The zero-order valence-corrected chi connectivity index (χ0v) is 10.3. The topological polar surface area (TPSA) is 98.0 Å². The van der Waals surface area contributed by atoms with Gasteiger partial charge in [0.2, 0.25) is 10.0 Å². The molecule has 3 N–H and O–H groups in total. The molecule has 0 radical (unpaired) electrons. The van der Waals surface area contributed by atoms with E-state index in [1.807, 2.05) is 0 Å². The van der Waals surface area contributed by atoms with E-state index in [9.17, 15) is 8.42 Å². The predicted molar refractivity (Wildman–Crippen MR) is 64.8 cm³/mol. The number of pyridine rings is 1. The van der Waals surface area contributed by atoms with Crippen LogP contribution in [0.5, 0.6) is 0 Å². The van der Waals surface area contributed by atoms with Crippen molar-refractivity contribution in [1.82, 2.24) is 14.7 Å². The van der Waals surface area contributed by atoms with E-state index >= 15 is 0 Å². The summed E-state index contributed by atoms with van der Waals surface area (Å²) in [4.78, 5) is 7.82. The molecule has 0 saturated carbocycles. The minimum absolute atomic E-state index is 0.0987. The van der Waals surface area contributed by atoms with Crippen LogP contribution in [0, 0.1) is 0 Å². The zero-order valence-electron chi connectivity index (χ0n) is 8.70. The van der Waals surface area contributed by atoms with Gasteiger partial charge in [0.15, 0.2) is 0 Å². The molecule has 0 spiro atoms. The Morgan fingerprint density at radius 1 is 1.35 bits per heavy atom. The van der Waals surface area contributed by atoms with Gasteiger partial charge in [-0.3, -0.25) is 0 Å². The van der Waals surface area contributed by atoms with E-state index in [-0.39, 0.29) is 17.3 Å². The first-order valence-corrected chi connectivity index (χ1v) is 7.04. The number of aromatic nitrogens is 2. The van der Waals surface area contributed by atoms with Crippen molar-refractivity contribution in [2.45, 2.75) is 11.4 Å². The summed E-state index contributed by atoms with van der Waals surface area (Å²) in [6.45, 7) is 0.169. The van der Waals surface area contributed by atoms with Gasteiger partial charge < -0.3 is 5.73 Å². The summed E-state index contributed by atoms with van der Waals surface area (Å²) >= 11 is 1.39. The number of anilines is 1. The standard InChI is InChI=1S/C9H10N4O2S2/c10-8-5-7(1-2-11-8)17(14,15)13-6-9-12-3-4-16-9/h1-5,13H,6H2,(H2,10,11). The number of nitrogen functional groups attached to an aromatic ring is 1. The Morgan fingerprint density at radius 3 is 2.82 bits per heavy atom. The maximum Gasteiger partial charge on any atom is 0.241 e. The van der Waals surface area contributed by atoms with Gasteiger partial charge in [-0.05, 0) is 6.07 Å². The van der Waals surface area contributed by atoms with E-state index < -0.39 is 10.0 Å². The first kappa shape index (κ1) is 12.0. The van der Waals surface area contributed by atoms with Gasteiger partial charge >= 0.3 is 0 Å². The molecule has 0 aliphatic rings. The highest BCUT2D eigenvalue weighted by Crippen LogP contribution is 2.11. The minimum Gasteiger partial charge on any atom is -0.384 e. The van der Waals surface area contributed by atoms with Gasteiger partial charge in [0.1, 0.15) is 10.8 Å². The molecule has 0 atom stereocenters. The second kappa shape index (κ2) is 4.78. The maximum atomic E-state index is 11.9. The fourth-order valence-corrected chi connectivity index (χ4v) is 2.83. The Kier molecular flexibility index (Phi) is 3.36. The largest absolute Gasteiger partial charge is 0.384 e. The van der Waals surface area contributed by atoms with Crippen molar-refractivity contribution in [1.29, 1.82) is 0 Å². The number of hydrogen-bond donors (Lipinski definition) is 2. The number of nitrogens with two attached hydrogens (primary N) is 1. The molecule has 90 valence electrons. The Labute approximate surface area is 103 Å². The highest BCUT2D eigenvalue weighted by Gasteiger charge is 2.14. The van der Waals surface area contributed by atoms with E-state index in [0.29, 0.717) is 5.01 Å². The van der Waals surface area contributed by atoms with E-state index in [1.54, 1.807) is 11.6 Å². The molecule has 0 amide bonds. The first-order valence-electron chi connectivity index (χ1n) is 4.67. The normalized spacial score (nSPS) is 11.5. The van der Waals surface area contributed by atoms with Crippen LogP contribution in [0.3, 0.4) is 0 Å². The lowest BCUT2D eigenvalue weighted by atomic mass is 10.5. The quantitative estimate of drug-likeness (QED) is 0.847. The van der Waals surface area contributed by atoms with Crippen LogP contribution in [-0.2, 0) is 16.6 Å². The van der Waals surface area contributed by atoms with Crippen molar-refractivity contribution in [3.8, 4) is 0 Å². The van der Waals surface area contributed by atoms with Crippen LogP contribution in [-0.4, -0.2) is 18.4 Å². The summed E-state index contributed by atoms with van der Waals surface area (Å²) in [5.41, 5.74) is 5.43. The van der Waals surface area contributed by atoms with Crippen LogP contribution in [0.2, 0.25) is 0 Å². The molecule has 0 saturated heterocycles. The summed E-state index contributed by atoms with van der Waals surface area (Å²) in [6.07, 6.45) is 2.98. The van der Waals surface area contributed by atoms with Gasteiger partial charge in [-0.2, -0.15) is 0 Å². The van der Waals surface area contributed by atoms with Crippen LogP contribution in [0.15, 0.2) is 34.8 Å². The smallest absolute Gasteiger partial charge is 0.241 e. The molecule has 2 aromatic rings. The lowest BCUT2D eigenvalue weighted by Crippen LogP contribution is -2.23.